The largest absolute Gasteiger partial charge is 0.338 e. The molecule has 1 amide bonds. The highest BCUT2D eigenvalue weighted by atomic mass is 19.1. The Kier molecular flexibility index (Phi) is 5.93. The predicted molar refractivity (Wildman–Crippen MR) is 113 cm³/mol. The van der Waals surface area contributed by atoms with E-state index in [0.717, 1.165) is 35.4 Å². The Balaban J connectivity index is 1.54. The minimum Gasteiger partial charge on any atom is -0.338 e. The summed E-state index contributed by atoms with van der Waals surface area (Å²) in [6, 6.07) is 14.6. The zero-order chi connectivity index (χ0) is 20.2. The maximum Gasteiger partial charge on any atom is 0.223 e. The number of hydrogen-bond acceptors (Lipinski definition) is 2. The fourth-order valence-electron chi connectivity index (χ4n) is 4.25. The summed E-state index contributed by atoms with van der Waals surface area (Å²) in [6.45, 7) is 4.34. The van der Waals surface area contributed by atoms with Crippen LogP contribution in [-0.4, -0.2) is 26.9 Å². The van der Waals surface area contributed by atoms with Crippen LogP contribution in [0.2, 0.25) is 0 Å². The van der Waals surface area contributed by atoms with Crippen molar-refractivity contribution in [2.24, 2.45) is 0 Å². The summed E-state index contributed by atoms with van der Waals surface area (Å²) in [5, 5.41) is 0. The fraction of sp³-hybridized carbons (Fsp3) is 0.417. The SMILES string of the molecule is CCCCCCn1c(C2CC(=O)N(Cc3ccc(F)cc3)C2)nc2ccccc21. The smallest absolute Gasteiger partial charge is 0.223 e. The summed E-state index contributed by atoms with van der Waals surface area (Å²) < 4.78 is 15.5. The van der Waals surface area contributed by atoms with Crippen molar-refractivity contribution in [3.63, 3.8) is 0 Å². The van der Waals surface area contributed by atoms with E-state index in [4.69, 9.17) is 4.98 Å². The number of unbranched alkanes of at least 4 members (excludes halogenated alkanes) is 3. The lowest BCUT2D eigenvalue weighted by atomic mass is 10.1. The van der Waals surface area contributed by atoms with Crippen LogP contribution in [0.25, 0.3) is 11.0 Å². The molecule has 0 aliphatic carbocycles. The van der Waals surface area contributed by atoms with Gasteiger partial charge in [0, 0.05) is 32.0 Å². The van der Waals surface area contributed by atoms with Crippen molar-refractivity contribution in [2.45, 2.75) is 58.0 Å². The number of hydrogen-bond donors (Lipinski definition) is 0. The van der Waals surface area contributed by atoms with E-state index in [2.05, 4.69) is 29.7 Å². The number of benzene rings is 2. The van der Waals surface area contributed by atoms with Gasteiger partial charge in [0.15, 0.2) is 0 Å². The van der Waals surface area contributed by atoms with E-state index in [-0.39, 0.29) is 17.6 Å². The first-order chi connectivity index (χ1) is 14.2. The number of carbonyl (C=O) groups excluding carboxylic acids is 1. The molecule has 0 radical (unpaired) electrons. The molecule has 1 fully saturated rings. The van der Waals surface area contributed by atoms with Gasteiger partial charge in [-0.05, 0) is 36.2 Å². The van der Waals surface area contributed by atoms with E-state index in [0.29, 0.717) is 19.5 Å². The minimum absolute atomic E-state index is 0.0986. The van der Waals surface area contributed by atoms with Gasteiger partial charge in [-0.3, -0.25) is 4.79 Å². The average molecular weight is 394 g/mol. The summed E-state index contributed by atoms with van der Waals surface area (Å²) in [5.74, 6) is 1.01. The lowest BCUT2D eigenvalue weighted by Crippen LogP contribution is -2.24. The van der Waals surface area contributed by atoms with E-state index in [1.807, 2.05) is 11.0 Å². The molecule has 0 spiro atoms. The van der Waals surface area contributed by atoms with Gasteiger partial charge in [-0.2, -0.15) is 0 Å². The highest BCUT2D eigenvalue weighted by molar-refractivity contribution is 5.81. The van der Waals surface area contributed by atoms with Crippen molar-refractivity contribution in [3.8, 4) is 0 Å². The van der Waals surface area contributed by atoms with Crippen LogP contribution in [0.15, 0.2) is 48.5 Å². The fourth-order valence-corrected chi connectivity index (χ4v) is 4.25. The monoisotopic (exact) mass is 393 g/mol. The number of imidazole rings is 1. The number of aromatic nitrogens is 2. The standard InChI is InChI=1S/C24H28FN3O/c1-2-3-4-7-14-28-22-9-6-5-8-21(22)26-24(28)19-15-23(29)27(17-19)16-18-10-12-20(25)13-11-18/h5-6,8-13,19H,2-4,7,14-17H2,1H3. The molecule has 2 aromatic carbocycles. The molecule has 0 bridgehead atoms. The van der Waals surface area contributed by atoms with Gasteiger partial charge in [0.25, 0.3) is 0 Å². The minimum atomic E-state index is -0.254. The Morgan fingerprint density at radius 1 is 1.07 bits per heavy atom. The second-order valence-electron chi connectivity index (χ2n) is 7.97. The molecular formula is C24H28FN3O. The molecule has 0 saturated carbocycles. The Morgan fingerprint density at radius 2 is 1.86 bits per heavy atom. The van der Waals surface area contributed by atoms with E-state index < -0.39 is 0 Å². The number of fused-ring (bicyclic) bond motifs is 1. The van der Waals surface area contributed by atoms with E-state index in [9.17, 15) is 9.18 Å². The zero-order valence-electron chi connectivity index (χ0n) is 17.0. The van der Waals surface area contributed by atoms with E-state index in [1.165, 1.54) is 31.4 Å². The zero-order valence-corrected chi connectivity index (χ0v) is 17.0. The number of nitrogens with zero attached hydrogens (tertiary/aromatic N) is 3. The quantitative estimate of drug-likeness (QED) is 0.489. The van der Waals surface area contributed by atoms with Crippen molar-refractivity contribution in [3.05, 3.63) is 65.7 Å². The third kappa shape index (κ3) is 4.34. The Hall–Kier alpha value is -2.69. The van der Waals surface area contributed by atoms with Gasteiger partial charge in [-0.1, -0.05) is 50.5 Å². The second kappa shape index (κ2) is 8.76. The average Bonchev–Trinajstić information content (AvgIpc) is 3.27. The Bertz CT molecular complexity index is 979. The van der Waals surface area contributed by atoms with Crippen LogP contribution < -0.4 is 0 Å². The van der Waals surface area contributed by atoms with Crippen molar-refractivity contribution in [2.75, 3.05) is 6.54 Å². The van der Waals surface area contributed by atoms with Gasteiger partial charge in [0.2, 0.25) is 5.91 Å². The molecular weight excluding hydrogens is 365 g/mol. The topological polar surface area (TPSA) is 38.1 Å². The summed E-state index contributed by atoms with van der Waals surface area (Å²) in [6.07, 6.45) is 5.28. The molecule has 29 heavy (non-hydrogen) atoms. The Morgan fingerprint density at radius 3 is 2.66 bits per heavy atom. The van der Waals surface area contributed by atoms with Gasteiger partial charge >= 0.3 is 0 Å². The first-order valence-corrected chi connectivity index (χ1v) is 10.6. The lowest BCUT2D eigenvalue weighted by Gasteiger charge is -2.17. The number of carbonyl (C=O) groups is 1. The van der Waals surface area contributed by atoms with Gasteiger partial charge in [-0.25, -0.2) is 9.37 Å². The number of likely N-dealkylation sites (tertiary alicyclic amines) is 1. The maximum atomic E-state index is 13.2. The maximum absolute atomic E-state index is 13.2. The summed E-state index contributed by atoms with van der Waals surface area (Å²) in [7, 11) is 0. The first kappa shape index (κ1) is 19.6. The molecule has 2 heterocycles. The Labute approximate surface area is 171 Å². The van der Waals surface area contributed by atoms with Crippen LogP contribution in [-0.2, 0) is 17.9 Å². The summed E-state index contributed by atoms with van der Waals surface area (Å²) in [5.41, 5.74) is 3.11. The van der Waals surface area contributed by atoms with Crippen LogP contribution in [0.5, 0.6) is 0 Å². The van der Waals surface area contributed by atoms with Crippen molar-refractivity contribution < 1.29 is 9.18 Å². The second-order valence-corrected chi connectivity index (χ2v) is 7.97. The number of halogens is 1. The van der Waals surface area contributed by atoms with E-state index >= 15 is 0 Å². The number of rotatable bonds is 8. The molecule has 3 aromatic rings. The van der Waals surface area contributed by atoms with Crippen LogP contribution in [0, 0.1) is 5.82 Å². The van der Waals surface area contributed by atoms with Crippen LogP contribution >= 0.6 is 0 Å². The van der Waals surface area contributed by atoms with Crippen molar-refractivity contribution in [1.29, 1.82) is 0 Å². The van der Waals surface area contributed by atoms with E-state index in [1.54, 1.807) is 12.1 Å². The molecule has 4 rings (SSSR count). The molecule has 1 aliphatic heterocycles. The lowest BCUT2D eigenvalue weighted by molar-refractivity contribution is -0.128. The van der Waals surface area contributed by atoms with Crippen molar-refractivity contribution >= 4 is 16.9 Å². The molecule has 1 aliphatic rings. The number of para-hydroxylation sites is 2. The molecule has 1 unspecified atom stereocenters. The van der Waals surface area contributed by atoms with Crippen LogP contribution in [0.1, 0.15) is 56.3 Å². The van der Waals surface area contributed by atoms with Crippen molar-refractivity contribution in [1.82, 2.24) is 14.5 Å². The predicted octanol–water partition coefficient (Wildman–Crippen LogP) is 5.27. The van der Waals surface area contributed by atoms with Crippen LogP contribution in [0.4, 0.5) is 4.39 Å². The number of amides is 1. The normalized spacial score (nSPS) is 16.8. The molecule has 152 valence electrons. The summed E-state index contributed by atoms with van der Waals surface area (Å²) in [4.78, 5) is 19.5. The molecule has 4 nitrogen and oxygen atoms in total. The first-order valence-electron chi connectivity index (χ1n) is 10.6. The molecule has 1 atom stereocenters. The highest BCUT2D eigenvalue weighted by Gasteiger charge is 2.33. The number of aryl methyl sites for hydroxylation is 1. The highest BCUT2D eigenvalue weighted by Crippen LogP contribution is 2.31. The third-order valence-corrected chi connectivity index (χ3v) is 5.79. The summed E-state index contributed by atoms with van der Waals surface area (Å²) >= 11 is 0. The van der Waals surface area contributed by atoms with Crippen LogP contribution in [0.3, 0.4) is 0 Å². The molecule has 0 N–H and O–H groups in total. The third-order valence-electron chi connectivity index (χ3n) is 5.79. The van der Waals surface area contributed by atoms with Gasteiger partial charge < -0.3 is 9.47 Å². The molecule has 5 heteroatoms. The molecule has 1 aromatic heterocycles. The van der Waals surface area contributed by atoms with Gasteiger partial charge in [0.05, 0.1) is 11.0 Å². The molecule has 1 saturated heterocycles. The van der Waals surface area contributed by atoms with Gasteiger partial charge in [-0.15, -0.1) is 0 Å². The van der Waals surface area contributed by atoms with Gasteiger partial charge in [0.1, 0.15) is 11.6 Å².